The lowest BCUT2D eigenvalue weighted by Crippen LogP contribution is -2.14. The van der Waals surface area contributed by atoms with Gasteiger partial charge in [-0.05, 0) is 38.5 Å². The molecular weight excluding hydrogens is 420 g/mol. The van der Waals surface area contributed by atoms with E-state index in [1.54, 1.807) is 10.6 Å². The fraction of sp³-hybridized carbons (Fsp3) is 0.353. The van der Waals surface area contributed by atoms with Crippen LogP contribution >= 0.6 is 34.7 Å². The highest BCUT2D eigenvalue weighted by molar-refractivity contribution is 7.99. The standard InChI is InChI=1S/C17H19ClN6O2S2/c1-9-5-6-12(18)13(7-9)26-10(2)15-21-23-17(24(15)4)27-8-14(25)19-16-22-20-11(3)28-16/h5-7,10H,8H2,1-4H3,(H,19,22,25). The van der Waals surface area contributed by atoms with E-state index in [4.69, 9.17) is 16.3 Å². The molecule has 0 aliphatic heterocycles. The molecule has 0 saturated carbocycles. The number of aryl methyl sites for hydroxylation is 2. The minimum atomic E-state index is -0.357. The van der Waals surface area contributed by atoms with Crippen molar-refractivity contribution < 1.29 is 9.53 Å². The van der Waals surface area contributed by atoms with Gasteiger partial charge in [0.25, 0.3) is 0 Å². The van der Waals surface area contributed by atoms with Gasteiger partial charge < -0.3 is 9.30 Å². The van der Waals surface area contributed by atoms with Crippen LogP contribution in [0.25, 0.3) is 0 Å². The quantitative estimate of drug-likeness (QED) is 0.560. The van der Waals surface area contributed by atoms with Crippen molar-refractivity contribution in [3.63, 3.8) is 0 Å². The average Bonchev–Trinajstić information content (AvgIpc) is 3.21. The molecule has 0 aliphatic rings. The topological polar surface area (TPSA) is 94.8 Å². The van der Waals surface area contributed by atoms with E-state index in [2.05, 4.69) is 25.7 Å². The van der Waals surface area contributed by atoms with Crippen LogP contribution in [-0.4, -0.2) is 36.6 Å². The van der Waals surface area contributed by atoms with Crippen LogP contribution in [0.4, 0.5) is 5.13 Å². The number of rotatable bonds is 7. The van der Waals surface area contributed by atoms with Crippen molar-refractivity contribution in [3.8, 4) is 5.75 Å². The monoisotopic (exact) mass is 438 g/mol. The van der Waals surface area contributed by atoms with Gasteiger partial charge in [0.05, 0.1) is 10.8 Å². The number of amides is 1. The largest absolute Gasteiger partial charge is 0.481 e. The first-order valence-corrected chi connectivity index (χ1v) is 10.6. The number of carbonyl (C=O) groups is 1. The fourth-order valence-corrected chi connectivity index (χ4v) is 3.87. The molecule has 0 saturated heterocycles. The molecule has 0 spiro atoms. The molecule has 0 fully saturated rings. The number of benzene rings is 1. The van der Waals surface area contributed by atoms with Crippen LogP contribution in [0.3, 0.4) is 0 Å². The first kappa shape index (κ1) is 20.6. The van der Waals surface area contributed by atoms with Crippen molar-refractivity contribution in [2.75, 3.05) is 11.1 Å². The van der Waals surface area contributed by atoms with Gasteiger partial charge in [-0.3, -0.25) is 10.1 Å². The molecule has 0 radical (unpaired) electrons. The molecule has 0 bridgehead atoms. The maximum Gasteiger partial charge on any atom is 0.236 e. The highest BCUT2D eigenvalue weighted by atomic mass is 35.5. The molecule has 8 nitrogen and oxygen atoms in total. The summed E-state index contributed by atoms with van der Waals surface area (Å²) in [5, 5.41) is 21.3. The first-order valence-electron chi connectivity index (χ1n) is 8.38. The zero-order valence-corrected chi connectivity index (χ0v) is 18.2. The fourth-order valence-electron chi connectivity index (χ4n) is 2.38. The number of nitrogens with zero attached hydrogens (tertiary/aromatic N) is 5. The lowest BCUT2D eigenvalue weighted by Gasteiger charge is -2.15. The molecular formula is C17H19ClN6O2S2. The van der Waals surface area contributed by atoms with E-state index in [0.717, 1.165) is 10.6 Å². The number of ether oxygens (including phenoxy) is 1. The van der Waals surface area contributed by atoms with E-state index >= 15 is 0 Å². The van der Waals surface area contributed by atoms with Crippen LogP contribution < -0.4 is 10.1 Å². The molecule has 3 aromatic rings. The Morgan fingerprint density at radius 2 is 2.11 bits per heavy atom. The summed E-state index contributed by atoms with van der Waals surface area (Å²) in [6.45, 7) is 5.68. The molecule has 3 rings (SSSR count). The first-order chi connectivity index (χ1) is 13.3. The maximum absolute atomic E-state index is 12.1. The Balaban J connectivity index is 1.61. The van der Waals surface area contributed by atoms with Gasteiger partial charge >= 0.3 is 0 Å². The number of halogens is 1. The molecule has 1 N–H and O–H groups in total. The molecule has 11 heteroatoms. The van der Waals surface area contributed by atoms with Crippen LogP contribution in [0.5, 0.6) is 5.75 Å². The lowest BCUT2D eigenvalue weighted by molar-refractivity contribution is -0.113. The van der Waals surface area contributed by atoms with E-state index < -0.39 is 0 Å². The van der Waals surface area contributed by atoms with E-state index in [0.29, 0.717) is 26.9 Å². The SMILES string of the molecule is Cc1ccc(Cl)c(OC(C)c2nnc(SCC(=O)Nc3nnc(C)s3)n2C)c1. The summed E-state index contributed by atoms with van der Waals surface area (Å²) in [6.07, 6.45) is -0.357. The second-order valence-electron chi connectivity index (χ2n) is 6.06. The van der Waals surface area contributed by atoms with E-state index in [-0.39, 0.29) is 17.8 Å². The van der Waals surface area contributed by atoms with Crippen molar-refractivity contribution >= 4 is 45.7 Å². The molecule has 1 unspecified atom stereocenters. The Bertz CT molecular complexity index is 990. The van der Waals surface area contributed by atoms with Crippen LogP contribution in [-0.2, 0) is 11.8 Å². The predicted molar refractivity (Wildman–Crippen MR) is 110 cm³/mol. The van der Waals surface area contributed by atoms with Gasteiger partial charge in [-0.2, -0.15) is 0 Å². The third-order valence-corrected chi connectivity index (χ3v) is 5.81. The number of hydrogen-bond donors (Lipinski definition) is 1. The lowest BCUT2D eigenvalue weighted by atomic mass is 10.2. The Hall–Kier alpha value is -2.17. The van der Waals surface area contributed by atoms with Gasteiger partial charge in [0, 0.05) is 7.05 Å². The van der Waals surface area contributed by atoms with Crippen LogP contribution in [0.15, 0.2) is 23.4 Å². The van der Waals surface area contributed by atoms with Gasteiger partial charge in [-0.1, -0.05) is 40.8 Å². The summed E-state index contributed by atoms with van der Waals surface area (Å²) < 4.78 is 7.76. The van der Waals surface area contributed by atoms with Crippen LogP contribution in [0.1, 0.15) is 29.4 Å². The maximum atomic E-state index is 12.1. The molecule has 2 aromatic heterocycles. The summed E-state index contributed by atoms with van der Waals surface area (Å²) in [5.41, 5.74) is 1.05. The number of aromatic nitrogens is 5. The highest BCUT2D eigenvalue weighted by Crippen LogP contribution is 2.30. The molecule has 1 amide bonds. The second kappa shape index (κ2) is 8.89. The van der Waals surface area contributed by atoms with E-state index in [1.165, 1.54) is 23.1 Å². The Morgan fingerprint density at radius 3 is 2.82 bits per heavy atom. The summed E-state index contributed by atoms with van der Waals surface area (Å²) >= 11 is 8.81. The zero-order valence-electron chi connectivity index (χ0n) is 15.8. The van der Waals surface area contributed by atoms with Crippen LogP contribution in [0.2, 0.25) is 5.02 Å². The van der Waals surface area contributed by atoms with E-state index in [1.807, 2.05) is 40.0 Å². The minimum absolute atomic E-state index is 0.179. The summed E-state index contributed by atoms with van der Waals surface area (Å²) in [6, 6.07) is 5.60. The van der Waals surface area contributed by atoms with Crippen molar-refractivity contribution in [3.05, 3.63) is 39.6 Å². The van der Waals surface area contributed by atoms with Crippen molar-refractivity contribution in [2.24, 2.45) is 7.05 Å². The van der Waals surface area contributed by atoms with Gasteiger partial charge in [0.15, 0.2) is 17.1 Å². The number of carbonyl (C=O) groups excluding carboxylic acids is 1. The third-order valence-electron chi connectivity index (χ3n) is 3.73. The summed E-state index contributed by atoms with van der Waals surface area (Å²) in [7, 11) is 1.83. The summed E-state index contributed by atoms with van der Waals surface area (Å²) in [5.74, 6) is 1.24. The Morgan fingerprint density at radius 1 is 1.32 bits per heavy atom. The van der Waals surface area contributed by atoms with Gasteiger partial charge in [0.1, 0.15) is 10.8 Å². The number of hydrogen-bond acceptors (Lipinski definition) is 8. The third kappa shape index (κ3) is 5.00. The molecule has 2 heterocycles. The normalized spacial score (nSPS) is 12.0. The predicted octanol–water partition coefficient (Wildman–Crippen LogP) is 3.81. The molecule has 1 atom stereocenters. The van der Waals surface area contributed by atoms with E-state index in [9.17, 15) is 4.79 Å². The zero-order chi connectivity index (χ0) is 20.3. The molecule has 148 valence electrons. The average molecular weight is 439 g/mol. The Kier molecular flexibility index (Phi) is 6.53. The summed E-state index contributed by atoms with van der Waals surface area (Å²) in [4.78, 5) is 12.1. The highest BCUT2D eigenvalue weighted by Gasteiger charge is 2.19. The van der Waals surface area contributed by atoms with Gasteiger partial charge in [0.2, 0.25) is 11.0 Å². The van der Waals surface area contributed by atoms with Crippen LogP contribution in [0, 0.1) is 13.8 Å². The number of anilines is 1. The van der Waals surface area contributed by atoms with Crippen molar-refractivity contribution in [2.45, 2.75) is 32.0 Å². The van der Waals surface area contributed by atoms with Crippen molar-refractivity contribution in [1.29, 1.82) is 0 Å². The molecule has 28 heavy (non-hydrogen) atoms. The minimum Gasteiger partial charge on any atom is -0.481 e. The van der Waals surface area contributed by atoms with Gasteiger partial charge in [-0.25, -0.2) is 0 Å². The van der Waals surface area contributed by atoms with Crippen molar-refractivity contribution in [1.82, 2.24) is 25.0 Å². The Labute approximate surface area is 175 Å². The van der Waals surface area contributed by atoms with Gasteiger partial charge in [-0.15, -0.1) is 20.4 Å². The number of thioether (sulfide) groups is 1. The second-order valence-corrected chi connectivity index (χ2v) is 8.59. The molecule has 0 aliphatic carbocycles. The number of nitrogens with one attached hydrogen (secondary N) is 1. The molecule has 1 aromatic carbocycles. The smallest absolute Gasteiger partial charge is 0.236 e.